The van der Waals surface area contributed by atoms with Crippen LogP contribution in [0.25, 0.3) is 105 Å². The first-order valence-corrected chi connectivity index (χ1v) is 22.2. The molecule has 3 heterocycles. The van der Waals surface area contributed by atoms with Gasteiger partial charge in [0, 0.05) is 44.3 Å². The number of aromatic nitrogens is 3. The number of benzene rings is 9. The lowest BCUT2D eigenvalue weighted by atomic mass is 9.84. The molecule has 64 heavy (non-hydrogen) atoms. The Bertz CT molecular complexity index is 3830. The zero-order valence-electron chi connectivity index (χ0n) is 35.1. The molecule has 0 saturated carbocycles. The van der Waals surface area contributed by atoms with E-state index in [9.17, 15) is 0 Å². The van der Waals surface area contributed by atoms with E-state index in [1.165, 1.54) is 71.1 Å². The number of pyridine rings is 1. The fraction of sp³-hybridized carbons (Fsp3) is 0.0328. The summed E-state index contributed by atoms with van der Waals surface area (Å²) in [6.45, 7) is 0. The van der Waals surface area contributed by atoms with Gasteiger partial charge in [0.2, 0.25) is 0 Å². The molecule has 3 heteroatoms. The molecule has 300 valence electrons. The van der Waals surface area contributed by atoms with Crippen LogP contribution in [-0.2, 0) is 6.42 Å². The third kappa shape index (κ3) is 5.93. The molecule has 13 rings (SSSR count). The second-order valence-electron chi connectivity index (χ2n) is 17.1. The van der Waals surface area contributed by atoms with Crippen LogP contribution in [0.1, 0.15) is 22.6 Å². The molecule has 1 aliphatic carbocycles. The van der Waals surface area contributed by atoms with Crippen molar-refractivity contribution in [2.75, 3.05) is 0 Å². The van der Waals surface area contributed by atoms with Crippen LogP contribution in [0.3, 0.4) is 0 Å². The zero-order valence-corrected chi connectivity index (χ0v) is 35.1. The van der Waals surface area contributed by atoms with Gasteiger partial charge in [-0.2, -0.15) is 0 Å². The monoisotopic (exact) mass is 815 g/mol. The number of hydrogen-bond donors (Lipinski definition) is 0. The quantitative estimate of drug-likeness (QED) is 0.164. The van der Waals surface area contributed by atoms with E-state index in [1.807, 2.05) is 0 Å². The predicted octanol–water partition coefficient (Wildman–Crippen LogP) is 15.8. The van der Waals surface area contributed by atoms with E-state index in [-0.39, 0.29) is 5.92 Å². The van der Waals surface area contributed by atoms with Gasteiger partial charge in [0.25, 0.3) is 0 Å². The van der Waals surface area contributed by atoms with Gasteiger partial charge in [0.05, 0.1) is 39.1 Å². The second kappa shape index (κ2) is 14.7. The Kier molecular flexibility index (Phi) is 8.35. The number of rotatable bonds is 6. The molecule has 0 saturated heterocycles. The lowest BCUT2D eigenvalue weighted by Gasteiger charge is -2.20. The minimum absolute atomic E-state index is 0.279. The Balaban J connectivity index is 1.07. The van der Waals surface area contributed by atoms with Crippen molar-refractivity contribution in [3.05, 3.63) is 241 Å². The first-order chi connectivity index (χ1) is 31.7. The van der Waals surface area contributed by atoms with Crippen LogP contribution in [0.15, 0.2) is 224 Å². The standard InChI is InChI=1S/C61H41N3/c1-2-22-50(23-3-1)63-58-26-10-8-24-52(58)54-32-33-55-53-25-9-11-27-59(53)64(61(55)60(54)63)51-38-56(48-20-12-18-44(36-48)46-30-28-40-14-4-6-16-42(40)34-46)62-57(39-51)49-21-13-19-45(37-49)47-31-29-41-15-5-7-17-43(41)35-47/h1-34,36-39,47H,35H2. The fourth-order valence-corrected chi connectivity index (χ4v) is 10.3. The highest BCUT2D eigenvalue weighted by atomic mass is 15.0. The molecule has 1 atom stereocenters. The second-order valence-corrected chi connectivity index (χ2v) is 17.1. The van der Waals surface area contributed by atoms with Gasteiger partial charge in [-0.25, -0.2) is 4.98 Å². The van der Waals surface area contributed by atoms with Gasteiger partial charge in [-0.05, 0) is 99.6 Å². The van der Waals surface area contributed by atoms with Crippen molar-refractivity contribution in [1.82, 2.24) is 14.1 Å². The van der Waals surface area contributed by atoms with E-state index in [0.717, 1.165) is 51.4 Å². The lowest BCUT2D eigenvalue weighted by molar-refractivity contribution is 0.827. The van der Waals surface area contributed by atoms with Crippen molar-refractivity contribution in [1.29, 1.82) is 0 Å². The van der Waals surface area contributed by atoms with Crippen molar-refractivity contribution < 1.29 is 0 Å². The highest BCUT2D eigenvalue weighted by Gasteiger charge is 2.23. The van der Waals surface area contributed by atoms with Crippen LogP contribution in [-0.4, -0.2) is 14.1 Å². The Morgan fingerprint density at radius 3 is 1.75 bits per heavy atom. The lowest BCUT2D eigenvalue weighted by Crippen LogP contribution is -2.06. The summed E-state index contributed by atoms with van der Waals surface area (Å²) in [5.74, 6) is 0.279. The van der Waals surface area contributed by atoms with Gasteiger partial charge in [0.15, 0.2) is 0 Å². The van der Waals surface area contributed by atoms with Crippen LogP contribution in [0, 0.1) is 0 Å². The summed E-state index contributed by atoms with van der Waals surface area (Å²) >= 11 is 0. The van der Waals surface area contributed by atoms with Crippen molar-refractivity contribution >= 4 is 60.5 Å². The molecule has 12 aromatic rings. The van der Waals surface area contributed by atoms with Gasteiger partial charge in [-0.3, -0.25) is 0 Å². The predicted molar refractivity (Wildman–Crippen MR) is 269 cm³/mol. The topological polar surface area (TPSA) is 22.8 Å². The van der Waals surface area contributed by atoms with Gasteiger partial charge in [-0.1, -0.05) is 176 Å². The maximum absolute atomic E-state index is 5.58. The van der Waals surface area contributed by atoms with Crippen molar-refractivity contribution in [3.63, 3.8) is 0 Å². The summed E-state index contributed by atoms with van der Waals surface area (Å²) in [5.41, 5.74) is 17.3. The third-order valence-electron chi connectivity index (χ3n) is 13.4. The highest BCUT2D eigenvalue weighted by molar-refractivity contribution is 6.23. The first-order valence-electron chi connectivity index (χ1n) is 22.2. The van der Waals surface area contributed by atoms with E-state index in [1.54, 1.807) is 0 Å². The van der Waals surface area contributed by atoms with Crippen LogP contribution >= 0.6 is 0 Å². The molecule has 3 aromatic heterocycles. The molecular weight excluding hydrogens is 775 g/mol. The highest BCUT2D eigenvalue weighted by Crippen LogP contribution is 2.43. The molecule has 1 unspecified atom stereocenters. The summed E-state index contributed by atoms with van der Waals surface area (Å²) in [5, 5.41) is 7.36. The van der Waals surface area contributed by atoms with Crippen molar-refractivity contribution in [2.45, 2.75) is 12.3 Å². The first kappa shape index (κ1) is 36.4. The van der Waals surface area contributed by atoms with Crippen LogP contribution in [0.4, 0.5) is 0 Å². The van der Waals surface area contributed by atoms with Crippen molar-refractivity contribution in [3.8, 4) is 45.0 Å². The van der Waals surface area contributed by atoms with E-state index in [0.29, 0.717) is 0 Å². The molecule has 0 radical (unpaired) electrons. The average Bonchev–Trinajstić information content (AvgIpc) is 3.89. The number of para-hydroxylation sites is 3. The minimum atomic E-state index is 0.279. The van der Waals surface area contributed by atoms with Crippen molar-refractivity contribution in [2.24, 2.45) is 0 Å². The van der Waals surface area contributed by atoms with Gasteiger partial charge < -0.3 is 9.13 Å². The summed E-state index contributed by atoms with van der Waals surface area (Å²) in [6.07, 6.45) is 5.63. The summed E-state index contributed by atoms with van der Waals surface area (Å²) in [4.78, 5) is 5.58. The van der Waals surface area contributed by atoms with Gasteiger partial charge in [-0.15, -0.1) is 0 Å². The smallest absolute Gasteiger partial charge is 0.0788 e. The van der Waals surface area contributed by atoms with Gasteiger partial charge >= 0.3 is 0 Å². The van der Waals surface area contributed by atoms with Gasteiger partial charge in [0.1, 0.15) is 0 Å². The van der Waals surface area contributed by atoms with Crippen LogP contribution in [0.2, 0.25) is 0 Å². The Labute approximate surface area is 371 Å². The third-order valence-corrected chi connectivity index (χ3v) is 13.4. The molecule has 0 amide bonds. The van der Waals surface area contributed by atoms with E-state index >= 15 is 0 Å². The number of allylic oxidation sites excluding steroid dienone is 1. The number of fused-ring (bicyclic) bond motifs is 9. The molecule has 0 spiro atoms. The molecule has 0 fully saturated rings. The zero-order chi connectivity index (χ0) is 42.1. The molecular formula is C61H41N3. The molecule has 0 bridgehead atoms. The van der Waals surface area contributed by atoms with Crippen LogP contribution < -0.4 is 0 Å². The molecule has 0 aliphatic heterocycles. The number of hydrogen-bond acceptors (Lipinski definition) is 1. The largest absolute Gasteiger partial charge is 0.307 e. The maximum Gasteiger partial charge on any atom is 0.0788 e. The summed E-state index contributed by atoms with van der Waals surface area (Å²) < 4.78 is 4.95. The summed E-state index contributed by atoms with van der Waals surface area (Å²) in [6, 6.07) is 79.8. The Hall–Kier alpha value is -8.27. The molecule has 9 aromatic carbocycles. The Morgan fingerprint density at radius 2 is 0.984 bits per heavy atom. The van der Waals surface area contributed by atoms with E-state index in [4.69, 9.17) is 4.98 Å². The number of nitrogens with zero attached hydrogens (tertiary/aromatic N) is 3. The fourth-order valence-electron chi connectivity index (χ4n) is 10.3. The van der Waals surface area contributed by atoms with Crippen LogP contribution in [0.5, 0.6) is 0 Å². The minimum Gasteiger partial charge on any atom is -0.307 e. The van der Waals surface area contributed by atoms with E-state index in [2.05, 4.69) is 240 Å². The maximum atomic E-state index is 5.58. The SMILES string of the molecule is C1=CC(c2cccc(-c3cc(-n4c5ccccc5c5ccc6c7ccccc7n(-c7ccccc7)c6c54)cc(-c4cccc(-c5ccc6ccccc6c5)c4)n3)c2)Cc2ccccc21. The average molecular weight is 816 g/mol. The normalized spacial score (nSPS) is 13.7. The molecule has 3 nitrogen and oxygen atoms in total. The molecule has 0 N–H and O–H groups in total. The van der Waals surface area contributed by atoms with E-state index < -0.39 is 0 Å². The molecule has 1 aliphatic rings. The Morgan fingerprint density at radius 1 is 0.391 bits per heavy atom. The summed E-state index contributed by atoms with van der Waals surface area (Å²) in [7, 11) is 0.